The van der Waals surface area contributed by atoms with Crippen LogP contribution in [0.5, 0.6) is 0 Å². The smallest absolute Gasteiger partial charge is 0.136 e. The zero-order valence-corrected chi connectivity index (χ0v) is 16.1. The molecule has 0 radical (unpaired) electrons. The summed E-state index contributed by atoms with van der Waals surface area (Å²) in [7, 11) is 0. The van der Waals surface area contributed by atoms with Gasteiger partial charge in [0.15, 0.2) is 0 Å². The Labute approximate surface area is 149 Å². The first-order valence-electron chi connectivity index (χ1n) is 10.4. The van der Waals surface area contributed by atoms with Crippen LogP contribution in [-0.2, 0) is 0 Å². The van der Waals surface area contributed by atoms with Crippen molar-refractivity contribution in [3.8, 4) is 0 Å². The zero-order valence-electron chi connectivity index (χ0n) is 16.1. The Morgan fingerprint density at radius 1 is 0.667 bits per heavy atom. The van der Waals surface area contributed by atoms with Gasteiger partial charge in [-0.25, -0.2) is 0 Å². The van der Waals surface area contributed by atoms with Gasteiger partial charge in [0, 0.05) is 0 Å². The summed E-state index contributed by atoms with van der Waals surface area (Å²) in [6.07, 6.45) is 17.3. The summed E-state index contributed by atoms with van der Waals surface area (Å²) in [5, 5.41) is 28.4. The molecule has 0 rings (SSSR count). The van der Waals surface area contributed by atoms with Gasteiger partial charge in [0.25, 0.3) is 0 Å². The van der Waals surface area contributed by atoms with Crippen LogP contribution in [0.15, 0.2) is 0 Å². The summed E-state index contributed by atoms with van der Waals surface area (Å²) in [4.78, 5) is 0. The summed E-state index contributed by atoms with van der Waals surface area (Å²) >= 11 is 0. The molecule has 0 heterocycles. The van der Waals surface area contributed by atoms with Gasteiger partial charge in [-0.05, 0) is 6.42 Å². The molecule has 0 bridgehead atoms. The fourth-order valence-corrected chi connectivity index (χ4v) is 3.14. The predicted molar refractivity (Wildman–Crippen MR) is 101 cm³/mol. The minimum Gasteiger partial charge on any atom is -0.390 e. The van der Waals surface area contributed by atoms with Crippen molar-refractivity contribution in [1.82, 2.24) is 0 Å². The summed E-state index contributed by atoms with van der Waals surface area (Å²) in [6.45, 7) is 2.08. The normalized spacial score (nSPS) is 15.4. The minimum atomic E-state index is -0.906. The summed E-state index contributed by atoms with van der Waals surface area (Å²) in [5.41, 5.74) is 3.64. The van der Waals surface area contributed by atoms with Gasteiger partial charge in [0.05, 0.1) is 12.7 Å². The third-order valence-electron chi connectivity index (χ3n) is 4.97. The van der Waals surface area contributed by atoms with Gasteiger partial charge in [-0.3, -0.25) is 0 Å². The van der Waals surface area contributed by atoms with Crippen LogP contribution in [0.2, 0.25) is 0 Å². The highest BCUT2D eigenvalue weighted by Gasteiger charge is 2.24. The Balaban J connectivity index is 3.23. The predicted octanol–water partition coefficient (Wildman–Crippen LogP) is 3.18. The Morgan fingerprint density at radius 3 is 1.42 bits per heavy atom. The third-order valence-corrected chi connectivity index (χ3v) is 4.97. The number of aliphatic hydroxyl groups is 3. The molecule has 0 saturated carbocycles. The van der Waals surface area contributed by atoms with Gasteiger partial charge in [-0.15, -0.1) is 0 Å². The Morgan fingerprint density at radius 2 is 1.04 bits per heavy atom. The van der Waals surface area contributed by atoms with E-state index in [-0.39, 0.29) is 6.61 Å². The van der Waals surface area contributed by atoms with Gasteiger partial charge in [-0.1, -0.05) is 96.8 Å². The molecule has 3 atom stereocenters. The lowest BCUT2D eigenvalue weighted by Gasteiger charge is -2.19. The van der Waals surface area contributed by atoms with Gasteiger partial charge < -0.3 is 21.1 Å². The highest BCUT2D eigenvalue weighted by molar-refractivity contribution is 4.73. The van der Waals surface area contributed by atoms with Crippen LogP contribution >= 0.6 is 0 Å². The molecule has 4 heteroatoms. The standard InChI is InChI=1S/C20H43NO3/c1-2-3-4-5-6-7-8-9-10-11-12-13-14-15-16-19(23)20(24)18(21)17-22/h18-20,22-24H,2-17,21H2,1H3/p+1/t18-,19+,20-/m0/s1. The van der Waals surface area contributed by atoms with Crippen LogP contribution < -0.4 is 5.73 Å². The van der Waals surface area contributed by atoms with Crippen LogP contribution in [0, 0.1) is 0 Å². The van der Waals surface area contributed by atoms with E-state index in [4.69, 9.17) is 5.11 Å². The molecule has 0 amide bonds. The maximum Gasteiger partial charge on any atom is 0.136 e. The number of hydrogen-bond donors (Lipinski definition) is 4. The first kappa shape index (κ1) is 23.8. The molecule has 24 heavy (non-hydrogen) atoms. The van der Waals surface area contributed by atoms with Crippen LogP contribution in [0.25, 0.3) is 0 Å². The monoisotopic (exact) mass is 346 g/mol. The molecule has 0 aromatic carbocycles. The molecule has 146 valence electrons. The average molecular weight is 347 g/mol. The van der Waals surface area contributed by atoms with Gasteiger partial charge in [0.2, 0.25) is 0 Å². The summed E-state index contributed by atoms with van der Waals surface area (Å²) in [6, 6.07) is -0.494. The van der Waals surface area contributed by atoms with Crippen molar-refractivity contribution in [2.75, 3.05) is 6.61 Å². The lowest BCUT2D eigenvalue weighted by molar-refractivity contribution is -0.447. The maximum atomic E-state index is 9.81. The average Bonchev–Trinajstić information content (AvgIpc) is 2.60. The fraction of sp³-hybridized carbons (Fsp3) is 1.00. The van der Waals surface area contributed by atoms with E-state index in [9.17, 15) is 10.2 Å². The number of unbranched alkanes of at least 4 members (excludes halogenated alkanes) is 13. The summed E-state index contributed by atoms with van der Waals surface area (Å²) < 4.78 is 0. The van der Waals surface area contributed by atoms with E-state index in [1.54, 1.807) is 0 Å². The molecule has 4 nitrogen and oxygen atoms in total. The van der Waals surface area contributed by atoms with E-state index in [1.807, 2.05) is 0 Å². The summed E-state index contributed by atoms with van der Waals surface area (Å²) in [5.74, 6) is 0. The molecule has 0 unspecified atom stereocenters. The molecule has 0 aliphatic heterocycles. The maximum absolute atomic E-state index is 9.81. The first-order chi connectivity index (χ1) is 11.6. The second-order valence-electron chi connectivity index (χ2n) is 7.39. The first-order valence-corrected chi connectivity index (χ1v) is 10.4. The van der Waals surface area contributed by atoms with E-state index in [0.717, 1.165) is 12.8 Å². The number of rotatable bonds is 18. The molecule has 0 spiro atoms. The van der Waals surface area contributed by atoms with Crippen molar-refractivity contribution >= 4 is 0 Å². The molecular weight excluding hydrogens is 302 g/mol. The molecule has 0 aliphatic rings. The van der Waals surface area contributed by atoms with E-state index in [0.29, 0.717) is 6.42 Å². The van der Waals surface area contributed by atoms with Crippen molar-refractivity contribution in [2.24, 2.45) is 0 Å². The molecular formula is C20H44NO3+. The largest absolute Gasteiger partial charge is 0.390 e. The molecule has 0 fully saturated rings. The molecule has 0 aromatic heterocycles. The molecule has 0 aromatic rings. The highest BCUT2D eigenvalue weighted by atomic mass is 16.3. The lowest BCUT2D eigenvalue weighted by atomic mass is 10.00. The molecule has 0 saturated heterocycles. The van der Waals surface area contributed by atoms with Crippen LogP contribution in [-0.4, -0.2) is 40.2 Å². The lowest BCUT2D eigenvalue weighted by Crippen LogP contribution is -2.70. The Kier molecular flexibility index (Phi) is 17.5. The van der Waals surface area contributed by atoms with Gasteiger partial charge in [0.1, 0.15) is 12.1 Å². The van der Waals surface area contributed by atoms with Crippen LogP contribution in [0.3, 0.4) is 0 Å². The Hall–Kier alpha value is -0.160. The zero-order chi connectivity index (χ0) is 18.0. The third kappa shape index (κ3) is 14.2. The van der Waals surface area contributed by atoms with Crippen LogP contribution in [0.4, 0.5) is 0 Å². The van der Waals surface area contributed by atoms with E-state index in [2.05, 4.69) is 12.7 Å². The second kappa shape index (κ2) is 17.7. The van der Waals surface area contributed by atoms with Crippen molar-refractivity contribution in [2.45, 2.75) is 121 Å². The highest BCUT2D eigenvalue weighted by Crippen LogP contribution is 2.14. The van der Waals surface area contributed by atoms with Crippen molar-refractivity contribution in [3.63, 3.8) is 0 Å². The minimum absolute atomic E-state index is 0.184. The Bertz CT molecular complexity index is 251. The van der Waals surface area contributed by atoms with Crippen molar-refractivity contribution in [1.29, 1.82) is 0 Å². The molecule has 0 aliphatic carbocycles. The SMILES string of the molecule is CCCCCCCCCCCCCCCC[C@@H](O)[C@@H](O)[C@@H]([NH3+])CO. The number of aliphatic hydroxyl groups excluding tert-OH is 3. The van der Waals surface area contributed by atoms with Crippen molar-refractivity contribution < 1.29 is 21.1 Å². The topological polar surface area (TPSA) is 88.3 Å². The van der Waals surface area contributed by atoms with E-state index < -0.39 is 18.2 Å². The van der Waals surface area contributed by atoms with E-state index >= 15 is 0 Å². The van der Waals surface area contributed by atoms with E-state index in [1.165, 1.54) is 77.0 Å². The number of quaternary nitrogens is 1. The van der Waals surface area contributed by atoms with Gasteiger partial charge in [-0.2, -0.15) is 0 Å². The van der Waals surface area contributed by atoms with Crippen molar-refractivity contribution in [3.05, 3.63) is 0 Å². The number of hydrogen-bond acceptors (Lipinski definition) is 3. The van der Waals surface area contributed by atoms with Crippen LogP contribution in [0.1, 0.15) is 103 Å². The molecule has 6 N–H and O–H groups in total. The fourth-order valence-electron chi connectivity index (χ4n) is 3.14. The quantitative estimate of drug-likeness (QED) is 0.287. The second-order valence-corrected chi connectivity index (χ2v) is 7.39. The van der Waals surface area contributed by atoms with Gasteiger partial charge >= 0.3 is 0 Å².